The molecule has 0 aromatic heterocycles. The number of hydrogen-bond acceptors (Lipinski definition) is 3. The first-order valence-electron chi connectivity index (χ1n) is 7.23. The average Bonchev–Trinajstić information content (AvgIpc) is 2.51. The lowest BCUT2D eigenvalue weighted by Gasteiger charge is -2.07. The molecule has 0 spiro atoms. The maximum absolute atomic E-state index is 11.6. The van der Waals surface area contributed by atoms with E-state index < -0.39 is 0 Å². The molecule has 0 bridgehead atoms. The Hall–Kier alpha value is -1.91. The second-order valence-electron chi connectivity index (χ2n) is 4.95. The summed E-state index contributed by atoms with van der Waals surface area (Å²) >= 11 is 0. The van der Waals surface area contributed by atoms with Gasteiger partial charge in [-0.25, -0.2) is 0 Å². The van der Waals surface area contributed by atoms with Crippen molar-refractivity contribution >= 4 is 16.7 Å². The van der Waals surface area contributed by atoms with Crippen LogP contribution in [-0.4, -0.2) is 39.3 Å². The van der Waals surface area contributed by atoms with Crippen molar-refractivity contribution in [1.29, 1.82) is 0 Å². The lowest BCUT2D eigenvalue weighted by atomic mass is 10.1. The molecule has 0 aliphatic carbocycles. The molecule has 2 aromatic rings. The van der Waals surface area contributed by atoms with E-state index in [0.717, 1.165) is 6.42 Å². The maximum atomic E-state index is 11.6. The lowest BCUT2D eigenvalue weighted by Crippen LogP contribution is -2.36. The number of nitrogens with one attached hydrogen (secondary N) is 2. The number of fused-ring (bicyclic) bond motifs is 1. The van der Waals surface area contributed by atoms with Crippen molar-refractivity contribution in [3.8, 4) is 0 Å². The number of rotatable bonds is 8. The van der Waals surface area contributed by atoms with Gasteiger partial charge in [0.2, 0.25) is 5.91 Å². The molecule has 1 amide bonds. The molecule has 112 valence electrons. The molecule has 0 saturated heterocycles. The van der Waals surface area contributed by atoms with Gasteiger partial charge in [0.1, 0.15) is 0 Å². The number of benzene rings is 2. The quantitative estimate of drug-likeness (QED) is 0.727. The van der Waals surface area contributed by atoms with Crippen LogP contribution >= 0.6 is 0 Å². The molecule has 0 unspecified atom stereocenters. The summed E-state index contributed by atoms with van der Waals surface area (Å²) in [6.45, 7) is 2.29. The molecule has 2 N–H and O–H groups in total. The summed E-state index contributed by atoms with van der Waals surface area (Å²) in [5.41, 5.74) is 1.24. The zero-order valence-electron chi connectivity index (χ0n) is 12.4. The molecule has 0 saturated carbocycles. The Kier molecular flexibility index (Phi) is 6.19. The fraction of sp³-hybridized carbons (Fsp3) is 0.353. The van der Waals surface area contributed by atoms with Crippen LogP contribution in [0.1, 0.15) is 5.56 Å². The van der Waals surface area contributed by atoms with Gasteiger partial charge in [0.15, 0.2) is 0 Å². The highest BCUT2D eigenvalue weighted by molar-refractivity contribution is 5.83. The van der Waals surface area contributed by atoms with E-state index in [1.807, 2.05) is 12.1 Å². The largest absolute Gasteiger partial charge is 0.383 e. The number of carbonyl (C=O) groups is 1. The van der Waals surface area contributed by atoms with Gasteiger partial charge in [-0.1, -0.05) is 42.5 Å². The van der Waals surface area contributed by atoms with Gasteiger partial charge in [-0.15, -0.1) is 0 Å². The van der Waals surface area contributed by atoms with Crippen LogP contribution < -0.4 is 10.6 Å². The highest BCUT2D eigenvalue weighted by Gasteiger charge is 2.01. The summed E-state index contributed by atoms with van der Waals surface area (Å²) in [5.74, 6) is 0.0203. The third kappa shape index (κ3) is 5.17. The van der Waals surface area contributed by atoms with Gasteiger partial charge in [-0.05, 0) is 22.8 Å². The van der Waals surface area contributed by atoms with Gasteiger partial charge in [0.05, 0.1) is 13.2 Å². The Morgan fingerprint density at radius 1 is 1.10 bits per heavy atom. The molecule has 2 aromatic carbocycles. The molecule has 2 rings (SSSR count). The summed E-state index contributed by atoms with van der Waals surface area (Å²) in [6.07, 6.45) is 0.842. The molecule has 0 aliphatic rings. The first-order chi connectivity index (χ1) is 10.3. The van der Waals surface area contributed by atoms with Gasteiger partial charge in [-0.3, -0.25) is 4.79 Å². The molecule has 21 heavy (non-hydrogen) atoms. The monoisotopic (exact) mass is 286 g/mol. The third-order valence-corrected chi connectivity index (χ3v) is 3.32. The molecular weight excluding hydrogens is 264 g/mol. The van der Waals surface area contributed by atoms with Crippen LogP contribution in [0.25, 0.3) is 10.8 Å². The first kappa shape index (κ1) is 15.5. The fourth-order valence-electron chi connectivity index (χ4n) is 2.18. The summed E-state index contributed by atoms with van der Waals surface area (Å²) in [6, 6.07) is 14.7. The van der Waals surface area contributed by atoms with E-state index in [-0.39, 0.29) is 5.91 Å². The maximum Gasteiger partial charge on any atom is 0.233 e. The van der Waals surface area contributed by atoms with E-state index in [1.165, 1.54) is 16.3 Å². The standard InChI is InChI=1S/C17H22N2O2/c1-21-11-10-18-13-17(20)19-9-8-14-6-7-15-4-2-3-5-16(15)12-14/h2-7,12,18H,8-11,13H2,1H3,(H,19,20). The van der Waals surface area contributed by atoms with E-state index in [0.29, 0.717) is 26.2 Å². The van der Waals surface area contributed by atoms with Gasteiger partial charge >= 0.3 is 0 Å². The molecule has 4 nitrogen and oxygen atoms in total. The molecule has 0 atom stereocenters. The minimum absolute atomic E-state index is 0.0203. The minimum atomic E-state index is 0.0203. The number of amides is 1. The molecule has 0 heterocycles. The van der Waals surface area contributed by atoms with E-state index >= 15 is 0 Å². The van der Waals surface area contributed by atoms with Crippen LogP contribution in [0.4, 0.5) is 0 Å². The van der Waals surface area contributed by atoms with Crippen molar-refractivity contribution in [1.82, 2.24) is 10.6 Å². The number of hydrogen-bond donors (Lipinski definition) is 2. The van der Waals surface area contributed by atoms with E-state index in [9.17, 15) is 4.79 Å². The van der Waals surface area contributed by atoms with Crippen molar-refractivity contribution in [3.05, 3.63) is 48.0 Å². The summed E-state index contributed by atoms with van der Waals surface area (Å²) in [7, 11) is 1.64. The highest BCUT2D eigenvalue weighted by atomic mass is 16.5. The first-order valence-corrected chi connectivity index (χ1v) is 7.23. The van der Waals surface area contributed by atoms with Crippen LogP contribution in [0.2, 0.25) is 0 Å². The van der Waals surface area contributed by atoms with E-state index in [2.05, 4.69) is 41.0 Å². The van der Waals surface area contributed by atoms with Crippen LogP contribution in [0.15, 0.2) is 42.5 Å². The van der Waals surface area contributed by atoms with Crippen molar-refractivity contribution in [2.45, 2.75) is 6.42 Å². The van der Waals surface area contributed by atoms with Gasteiger partial charge < -0.3 is 15.4 Å². The number of carbonyl (C=O) groups excluding carboxylic acids is 1. The van der Waals surface area contributed by atoms with Gasteiger partial charge in [0, 0.05) is 20.2 Å². The fourth-order valence-corrected chi connectivity index (χ4v) is 2.18. The summed E-state index contributed by atoms with van der Waals surface area (Å²) in [4.78, 5) is 11.6. The van der Waals surface area contributed by atoms with Gasteiger partial charge in [-0.2, -0.15) is 0 Å². The Morgan fingerprint density at radius 3 is 2.71 bits per heavy atom. The number of methoxy groups -OCH3 is 1. The Balaban J connectivity index is 1.73. The SMILES string of the molecule is COCCNCC(=O)NCCc1ccc2ccccc2c1. The molecule has 0 radical (unpaired) electrons. The normalized spacial score (nSPS) is 10.7. The lowest BCUT2D eigenvalue weighted by molar-refractivity contribution is -0.120. The zero-order chi connectivity index (χ0) is 14.9. The number of ether oxygens (including phenoxy) is 1. The predicted molar refractivity (Wildman–Crippen MR) is 85.4 cm³/mol. The predicted octanol–water partition coefficient (Wildman–Crippen LogP) is 1.73. The molecule has 0 aliphatic heterocycles. The summed E-state index contributed by atoms with van der Waals surface area (Å²) < 4.78 is 4.90. The zero-order valence-corrected chi connectivity index (χ0v) is 12.4. The Morgan fingerprint density at radius 2 is 1.90 bits per heavy atom. The van der Waals surface area contributed by atoms with Crippen molar-refractivity contribution in [2.24, 2.45) is 0 Å². The van der Waals surface area contributed by atoms with Crippen LogP contribution in [0.3, 0.4) is 0 Å². The Labute approximate surface area is 125 Å². The highest BCUT2D eigenvalue weighted by Crippen LogP contribution is 2.15. The van der Waals surface area contributed by atoms with Crippen molar-refractivity contribution in [2.75, 3.05) is 33.4 Å². The second kappa shape index (κ2) is 8.39. The molecule has 4 heteroatoms. The molecule has 0 fully saturated rings. The average molecular weight is 286 g/mol. The van der Waals surface area contributed by atoms with Crippen LogP contribution in [0, 0.1) is 0 Å². The smallest absolute Gasteiger partial charge is 0.233 e. The van der Waals surface area contributed by atoms with Crippen LogP contribution in [-0.2, 0) is 16.0 Å². The van der Waals surface area contributed by atoms with E-state index in [4.69, 9.17) is 4.74 Å². The topological polar surface area (TPSA) is 50.4 Å². The third-order valence-electron chi connectivity index (χ3n) is 3.32. The minimum Gasteiger partial charge on any atom is -0.383 e. The van der Waals surface area contributed by atoms with Crippen molar-refractivity contribution in [3.63, 3.8) is 0 Å². The van der Waals surface area contributed by atoms with Gasteiger partial charge in [0.25, 0.3) is 0 Å². The van der Waals surface area contributed by atoms with Crippen LogP contribution in [0.5, 0.6) is 0 Å². The summed E-state index contributed by atoms with van der Waals surface area (Å²) in [5, 5.41) is 8.42. The van der Waals surface area contributed by atoms with E-state index in [1.54, 1.807) is 7.11 Å². The van der Waals surface area contributed by atoms with Crippen molar-refractivity contribution < 1.29 is 9.53 Å². The molecular formula is C17H22N2O2. The Bertz CT molecular complexity index is 584. The second-order valence-corrected chi connectivity index (χ2v) is 4.95.